The Hall–Kier alpha value is -3.41. The van der Waals surface area contributed by atoms with Gasteiger partial charge in [0.1, 0.15) is 11.5 Å². The van der Waals surface area contributed by atoms with Gasteiger partial charge in [0.2, 0.25) is 5.95 Å². The molecule has 0 amide bonds. The molecule has 1 heterocycles. The van der Waals surface area contributed by atoms with E-state index in [2.05, 4.69) is 15.3 Å². The third-order valence-electron chi connectivity index (χ3n) is 4.98. The summed E-state index contributed by atoms with van der Waals surface area (Å²) in [6.45, 7) is 0. The Morgan fingerprint density at radius 2 is 1.79 bits per heavy atom. The van der Waals surface area contributed by atoms with Crippen LogP contribution in [0.4, 0.5) is 11.6 Å². The lowest BCUT2D eigenvalue weighted by Gasteiger charge is -2.23. The summed E-state index contributed by atoms with van der Waals surface area (Å²) in [5.74, 6) is 2.13. The predicted molar refractivity (Wildman–Crippen MR) is 107 cm³/mol. The molecule has 1 aliphatic carbocycles. The van der Waals surface area contributed by atoms with E-state index in [9.17, 15) is 4.79 Å². The molecule has 28 heavy (non-hydrogen) atoms. The lowest BCUT2D eigenvalue weighted by Crippen LogP contribution is -2.21. The van der Waals surface area contributed by atoms with E-state index < -0.39 is 0 Å². The number of nitrogens with one attached hydrogen (secondary N) is 1. The average Bonchev–Trinajstić information content (AvgIpc) is 2.74. The second-order valence-corrected chi connectivity index (χ2v) is 6.68. The summed E-state index contributed by atoms with van der Waals surface area (Å²) in [6, 6.07) is 15.4. The molecule has 142 valence electrons. The quantitative estimate of drug-likeness (QED) is 0.722. The molecule has 3 aromatic rings. The van der Waals surface area contributed by atoms with Crippen molar-refractivity contribution >= 4 is 17.4 Å². The molecule has 0 radical (unpaired) electrons. The first-order valence-electron chi connectivity index (χ1n) is 9.11. The maximum Gasteiger partial charge on any atom is 0.227 e. The molecular formula is C22H21N3O3. The standard InChI is InChI=1S/C22H21N3O3/c1-27-16-9-7-14(8-10-16)15-11-19-17(20(26)12-15)13-23-22(25-19)24-18-5-3-4-6-21(18)28-2/h3-10,13,15H,11-12H2,1-2H3,(H,23,24,25)/t15-/m0/s1. The fraction of sp³-hybridized carbons (Fsp3) is 0.227. The Morgan fingerprint density at radius 3 is 2.54 bits per heavy atom. The van der Waals surface area contributed by atoms with Gasteiger partial charge >= 0.3 is 0 Å². The number of fused-ring (bicyclic) bond motifs is 1. The first kappa shape index (κ1) is 18.0. The first-order valence-corrected chi connectivity index (χ1v) is 9.11. The van der Waals surface area contributed by atoms with E-state index in [-0.39, 0.29) is 11.7 Å². The van der Waals surface area contributed by atoms with Crippen LogP contribution in [0.5, 0.6) is 11.5 Å². The Bertz CT molecular complexity index is 1000. The van der Waals surface area contributed by atoms with Gasteiger partial charge in [-0.15, -0.1) is 0 Å². The Labute approximate surface area is 163 Å². The number of rotatable bonds is 5. The number of ether oxygens (including phenoxy) is 2. The Balaban J connectivity index is 1.60. The van der Waals surface area contributed by atoms with Crippen molar-refractivity contribution in [1.82, 2.24) is 9.97 Å². The average molecular weight is 375 g/mol. The number of carbonyl (C=O) groups excluding carboxylic acids is 1. The summed E-state index contributed by atoms with van der Waals surface area (Å²) >= 11 is 0. The van der Waals surface area contributed by atoms with E-state index in [4.69, 9.17) is 9.47 Å². The summed E-state index contributed by atoms with van der Waals surface area (Å²) < 4.78 is 10.6. The van der Waals surface area contributed by atoms with Crippen LogP contribution in [0.2, 0.25) is 0 Å². The number of methoxy groups -OCH3 is 2. The normalized spacial score (nSPS) is 15.6. The lowest BCUT2D eigenvalue weighted by atomic mass is 9.82. The molecule has 1 N–H and O–H groups in total. The number of hydrogen-bond donors (Lipinski definition) is 1. The van der Waals surface area contributed by atoms with Crippen molar-refractivity contribution in [2.24, 2.45) is 0 Å². The lowest BCUT2D eigenvalue weighted by molar-refractivity contribution is 0.0962. The second-order valence-electron chi connectivity index (χ2n) is 6.68. The van der Waals surface area contributed by atoms with E-state index in [0.717, 1.165) is 22.7 Å². The third-order valence-corrected chi connectivity index (χ3v) is 4.98. The van der Waals surface area contributed by atoms with Crippen molar-refractivity contribution in [3.8, 4) is 11.5 Å². The van der Waals surface area contributed by atoms with E-state index >= 15 is 0 Å². The zero-order valence-corrected chi connectivity index (χ0v) is 15.8. The van der Waals surface area contributed by atoms with Crippen LogP contribution in [0.1, 0.15) is 34.0 Å². The zero-order valence-electron chi connectivity index (χ0n) is 15.8. The molecule has 0 saturated carbocycles. The van der Waals surface area contributed by atoms with E-state index in [1.54, 1.807) is 20.4 Å². The Morgan fingerprint density at radius 1 is 1.00 bits per heavy atom. The number of benzene rings is 2. The molecule has 6 nitrogen and oxygen atoms in total. The van der Waals surface area contributed by atoms with Crippen molar-refractivity contribution in [1.29, 1.82) is 0 Å². The van der Waals surface area contributed by atoms with Gasteiger partial charge in [-0.1, -0.05) is 24.3 Å². The van der Waals surface area contributed by atoms with Crippen molar-refractivity contribution in [3.63, 3.8) is 0 Å². The summed E-state index contributed by atoms with van der Waals surface area (Å²) in [5, 5.41) is 3.18. The fourth-order valence-electron chi connectivity index (χ4n) is 3.49. The van der Waals surface area contributed by atoms with Crippen LogP contribution in [0.15, 0.2) is 54.7 Å². The highest BCUT2D eigenvalue weighted by atomic mass is 16.5. The largest absolute Gasteiger partial charge is 0.497 e. The second kappa shape index (κ2) is 7.68. The number of ketones is 1. The van der Waals surface area contributed by atoms with Gasteiger partial charge in [-0.25, -0.2) is 9.97 Å². The SMILES string of the molecule is COc1ccc([C@@H]2CC(=O)c3cnc(Nc4ccccc4OC)nc3C2)cc1. The molecule has 1 atom stereocenters. The van der Waals surface area contributed by atoms with E-state index in [1.807, 2.05) is 48.5 Å². The molecule has 0 unspecified atom stereocenters. The van der Waals surface area contributed by atoms with Gasteiger partial charge < -0.3 is 14.8 Å². The number of para-hydroxylation sites is 2. The van der Waals surface area contributed by atoms with Crippen molar-refractivity contribution in [2.45, 2.75) is 18.8 Å². The van der Waals surface area contributed by atoms with Crippen LogP contribution in [-0.4, -0.2) is 30.0 Å². The van der Waals surface area contributed by atoms with Crippen LogP contribution in [0.25, 0.3) is 0 Å². The molecule has 1 aromatic heterocycles. The smallest absolute Gasteiger partial charge is 0.227 e. The van der Waals surface area contributed by atoms with Crippen LogP contribution in [-0.2, 0) is 6.42 Å². The summed E-state index contributed by atoms with van der Waals surface area (Å²) in [7, 11) is 3.26. The molecule has 1 aliphatic rings. The minimum absolute atomic E-state index is 0.0749. The predicted octanol–water partition coefficient (Wildman–Crippen LogP) is 4.15. The van der Waals surface area contributed by atoms with Crippen molar-refractivity contribution in [2.75, 3.05) is 19.5 Å². The number of Topliss-reactive ketones (excluding diaryl/α,β-unsaturated/α-hetero) is 1. The van der Waals surface area contributed by atoms with Gasteiger partial charge in [0, 0.05) is 12.6 Å². The molecule has 0 aliphatic heterocycles. The number of hydrogen-bond acceptors (Lipinski definition) is 6. The van der Waals surface area contributed by atoms with Gasteiger partial charge in [-0.3, -0.25) is 4.79 Å². The molecular weight excluding hydrogens is 354 g/mol. The summed E-state index contributed by atoms with van der Waals surface area (Å²) in [5.41, 5.74) is 3.26. The summed E-state index contributed by atoms with van der Waals surface area (Å²) in [4.78, 5) is 21.6. The van der Waals surface area contributed by atoms with Gasteiger partial charge in [0.05, 0.1) is 31.2 Å². The third kappa shape index (κ3) is 3.53. The van der Waals surface area contributed by atoms with Crippen LogP contribution >= 0.6 is 0 Å². The summed E-state index contributed by atoms with van der Waals surface area (Å²) in [6.07, 6.45) is 2.77. The molecule has 0 spiro atoms. The monoisotopic (exact) mass is 375 g/mol. The molecule has 0 fully saturated rings. The molecule has 0 bridgehead atoms. The Kier molecular flexibility index (Phi) is 4.93. The van der Waals surface area contributed by atoms with Crippen LogP contribution < -0.4 is 14.8 Å². The molecule has 0 saturated heterocycles. The van der Waals surface area contributed by atoms with Gasteiger partial charge in [-0.05, 0) is 42.2 Å². The minimum Gasteiger partial charge on any atom is -0.497 e. The molecule has 6 heteroatoms. The highest BCUT2D eigenvalue weighted by molar-refractivity contribution is 5.98. The van der Waals surface area contributed by atoms with E-state index in [0.29, 0.717) is 30.1 Å². The molecule has 2 aromatic carbocycles. The highest BCUT2D eigenvalue weighted by Gasteiger charge is 2.28. The minimum atomic E-state index is 0.0749. The maximum absolute atomic E-state index is 12.6. The van der Waals surface area contributed by atoms with Crippen molar-refractivity contribution < 1.29 is 14.3 Å². The number of carbonyl (C=O) groups is 1. The number of aromatic nitrogens is 2. The molecule has 4 rings (SSSR count). The van der Waals surface area contributed by atoms with E-state index in [1.165, 1.54) is 0 Å². The van der Waals surface area contributed by atoms with Gasteiger partial charge in [-0.2, -0.15) is 0 Å². The number of anilines is 2. The van der Waals surface area contributed by atoms with Crippen LogP contribution in [0.3, 0.4) is 0 Å². The number of nitrogens with zero attached hydrogens (tertiary/aromatic N) is 2. The fourth-order valence-corrected chi connectivity index (χ4v) is 3.49. The first-order chi connectivity index (χ1) is 13.7. The van der Waals surface area contributed by atoms with Gasteiger partial charge in [0.15, 0.2) is 5.78 Å². The maximum atomic E-state index is 12.6. The highest BCUT2D eigenvalue weighted by Crippen LogP contribution is 2.33. The van der Waals surface area contributed by atoms with Crippen LogP contribution in [0, 0.1) is 0 Å². The zero-order chi connectivity index (χ0) is 19.5. The van der Waals surface area contributed by atoms with Crippen molar-refractivity contribution in [3.05, 3.63) is 71.5 Å². The van der Waals surface area contributed by atoms with Gasteiger partial charge in [0.25, 0.3) is 0 Å². The topological polar surface area (TPSA) is 73.3 Å².